The van der Waals surface area contributed by atoms with Crippen LogP contribution in [0, 0.1) is 11.8 Å². The Bertz CT molecular complexity index is 452. The van der Waals surface area contributed by atoms with Gasteiger partial charge in [-0.1, -0.05) is 149 Å². The van der Waals surface area contributed by atoms with Crippen LogP contribution in [0.4, 0.5) is 0 Å². The third-order valence-electron chi connectivity index (χ3n) is 5.11. The van der Waals surface area contributed by atoms with Crippen LogP contribution in [-0.2, 0) is 0 Å². The molecular formula is C30H56. The second kappa shape index (κ2) is 27.7. The molecule has 0 aromatic rings. The van der Waals surface area contributed by atoms with Crippen molar-refractivity contribution in [1.29, 1.82) is 0 Å². The highest BCUT2D eigenvalue weighted by Gasteiger charge is 2.16. The van der Waals surface area contributed by atoms with Gasteiger partial charge in [0.25, 0.3) is 0 Å². The van der Waals surface area contributed by atoms with Crippen molar-refractivity contribution in [3.8, 4) is 0 Å². The van der Waals surface area contributed by atoms with Gasteiger partial charge in [0.2, 0.25) is 0 Å². The van der Waals surface area contributed by atoms with Crippen LogP contribution in [0.3, 0.4) is 0 Å². The lowest BCUT2D eigenvalue weighted by molar-refractivity contribution is 0.427. The summed E-state index contributed by atoms with van der Waals surface area (Å²) >= 11 is 0. The van der Waals surface area contributed by atoms with Crippen LogP contribution in [0.15, 0.2) is 60.3 Å². The molecule has 0 spiro atoms. The highest BCUT2D eigenvalue weighted by Crippen LogP contribution is 2.31. The van der Waals surface area contributed by atoms with Gasteiger partial charge in [-0.25, -0.2) is 0 Å². The number of hydrogen-bond acceptors (Lipinski definition) is 0. The van der Waals surface area contributed by atoms with Crippen LogP contribution >= 0.6 is 0 Å². The summed E-state index contributed by atoms with van der Waals surface area (Å²) in [5, 5.41) is 0. The Morgan fingerprint density at radius 2 is 1.53 bits per heavy atom. The number of hydrogen-bond donors (Lipinski definition) is 0. The van der Waals surface area contributed by atoms with E-state index < -0.39 is 0 Å². The lowest BCUT2D eigenvalue weighted by Crippen LogP contribution is -2.08. The molecule has 1 aliphatic rings. The zero-order valence-corrected chi connectivity index (χ0v) is 22.3. The lowest BCUT2D eigenvalue weighted by Gasteiger charge is -2.22. The molecule has 0 radical (unpaired) electrons. The van der Waals surface area contributed by atoms with Crippen molar-refractivity contribution in [1.82, 2.24) is 0 Å². The molecular weight excluding hydrogens is 360 g/mol. The Morgan fingerprint density at radius 3 is 1.90 bits per heavy atom. The fourth-order valence-corrected chi connectivity index (χ4v) is 3.75. The molecule has 1 aliphatic carbocycles. The van der Waals surface area contributed by atoms with Crippen molar-refractivity contribution in [3.05, 3.63) is 60.3 Å². The molecule has 0 fully saturated rings. The largest absolute Gasteiger partial charge is 0.0991 e. The molecule has 0 nitrogen and oxygen atoms in total. The summed E-state index contributed by atoms with van der Waals surface area (Å²) in [4.78, 5) is 0. The first kappa shape index (κ1) is 33.3. The Hall–Kier alpha value is -1.30. The summed E-state index contributed by atoms with van der Waals surface area (Å²) in [7, 11) is 0. The summed E-state index contributed by atoms with van der Waals surface area (Å²) < 4.78 is 0. The van der Waals surface area contributed by atoms with E-state index in [9.17, 15) is 0 Å². The van der Waals surface area contributed by atoms with Crippen molar-refractivity contribution in [2.45, 2.75) is 120 Å². The average molecular weight is 417 g/mol. The molecule has 1 unspecified atom stereocenters. The van der Waals surface area contributed by atoms with Crippen LogP contribution in [0.1, 0.15) is 120 Å². The molecule has 0 heterocycles. The maximum Gasteiger partial charge on any atom is 0.00511 e. The molecule has 1 atom stereocenters. The molecule has 176 valence electrons. The van der Waals surface area contributed by atoms with Gasteiger partial charge in [-0.2, -0.15) is 0 Å². The van der Waals surface area contributed by atoms with E-state index >= 15 is 0 Å². The summed E-state index contributed by atoms with van der Waals surface area (Å²) in [5.74, 6) is 1.58. The van der Waals surface area contributed by atoms with E-state index in [1.54, 1.807) is 5.57 Å². The summed E-state index contributed by atoms with van der Waals surface area (Å²) in [6.45, 7) is 23.0. The van der Waals surface area contributed by atoms with Gasteiger partial charge in [-0.3, -0.25) is 0 Å². The monoisotopic (exact) mass is 416 g/mol. The van der Waals surface area contributed by atoms with Gasteiger partial charge in [0, 0.05) is 5.92 Å². The van der Waals surface area contributed by atoms with Gasteiger partial charge in [0.15, 0.2) is 0 Å². The predicted octanol–water partition coefficient (Wildman–Crippen LogP) is 11.0. The molecule has 0 amide bonds. The molecule has 0 aromatic carbocycles. The first-order chi connectivity index (χ1) is 14.7. The smallest absolute Gasteiger partial charge is 0.00511 e. The van der Waals surface area contributed by atoms with E-state index in [2.05, 4.69) is 77.7 Å². The van der Waals surface area contributed by atoms with E-state index in [4.69, 9.17) is 0 Å². The molecule has 30 heavy (non-hydrogen) atoms. The minimum atomic E-state index is 0.569. The second-order valence-electron chi connectivity index (χ2n) is 7.30. The zero-order valence-electron chi connectivity index (χ0n) is 22.3. The molecule has 0 aromatic heterocycles. The van der Waals surface area contributed by atoms with Gasteiger partial charge in [0.05, 0.1) is 0 Å². The van der Waals surface area contributed by atoms with Crippen LogP contribution in [0.25, 0.3) is 0 Å². The van der Waals surface area contributed by atoms with Crippen molar-refractivity contribution in [2.75, 3.05) is 0 Å². The van der Waals surface area contributed by atoms with Crippen molar-refractivity contribution in [2.24, 2.45) is 11.8 Å². The maximum atomic E-state index is 3.83. The van der Waals surface area contributed by atoms with Crippen LogP contribution in [0.2, 0.25) is 0 Å². The Morgan fingerprint density at radius 1 is 0.967 bits per heavy atom. The third-order valence-corrected chi connectivity index (χ3v) is 5.11. The molecule has 0 N–H and O–H groups in total. The van der Waals surface area contributed by atoms with E-state index in [1.165, 1.54) is 63.4 Å². The normalized spacial score (nSPS) is 13.9. The minimum absolute atomic E-state index is 0.569. The summed E-state index contributed by atoms with van der Waals surface area (Å²) in [6.07, 6.45) is 26.9. The molecule has 0 saturated carbocycles. The van der Waals surface area contributed by atoms with Gasteiger partial charge in [-0.15, -0.1) is 0 Å². The van der Waals surface area contributed by atoms with E-state index in [0.29, 0.717) is 5.92 Å². The first-order valence-corrected chi connectivity index (χ1v) is 13.0. The van der Waals surface area contributed by atoms with Crippen LogP contribution in [0.5, 0.6) is 0 Å². The van der Waals surface area contributed by atoms with E-state index in [-0.39, 0.29) is 0 Å². The average Bonchev–Trinajstić information content (AvgIpc) is 2.81. The molecule has 0 saturated heterocycles. The molecule has 0 aliphatic heterocycles. The Labute approximate surface area is 192 Å². The molecule has 1 rings (SSSR count). The number of allylic oxidation sites excluding steroid dienone is 9. The van der Waals surface area contributed by atoms with Crippen molar-refractivity contribution >= 4 is 0 Å². The Kier molecular flexibility index (Phi) is 30.8. The van der Waals surface area contributed by atoms with E-state index in [1.807, 2.05) is 33.8 Å². The second-order valence-corrected chi connectivity index (χ2v) is 7.30. The summed E-state index contributed by atoms with van der Waals surface area (Å²) in [6, 6.07) is 0. The van der Waals surface area contributed by atoms with Gasteiger partial charge < -0.3 is 0 Å². The van der Waals surface area contributed by atoms with Crippen molar-refractivity contribution < 1.29 is 0 Å². The number of rotatable bonds is 11. The third kappa shape index (κ3) is 17.5. The molecule has 0 bridgehead atoms. The fourth-order valence-electron chi connectivity index (χ4n) is 3.75. The highest BCUT2D eigenvalue weighted by molar-refractivity contribution is 5.34. The predicted molar refractivity (Wildman–Crippen MR) is 144 cm³/mol. The van der Waals surface area contributed by atoms with Gasteiger partial charge in [-0.05, 0) is 37.7 Å². The summed E-state index contributed by atoms with van der Waals surface area (Å²) in [5.41, 5.74) is 2.96. The molecule has 0 heteroatoms. The fraction of sp³-hybridized carbons (Fsp3) is 0.667. The lowest BCUT2D eigenvalue weighted by atomic mass is 9.82. The van der Waals surface area contributed by atoms with Crippen molar-refractivity contribution in [3.63, 3.8) is 0 Å². The quantitative estimate of drug-likeness (QED) is 0.294. The van der Waals surface area contributed by atoms with E-state index in [0.717, 1.165) is 5.92 Å². The highest BCUT2D eigenvalue weighted by atomic mass is 14.2. The first-order valence-electron chi connectivity index (χ1n) is 13.0. The van der Waals surface area contributed by atoms with Gasteiger partial charge in [0.1, 0.15) is 0 Å². The minimum Gasteiger partial charge on any atom is -0.0991 e. The Balaban J connectivity index is -0.000000475. The maximum absolute atomic E-state index is 3.83. The topological polar surface area (TPSA) is 0 Å². The van der Waals surface area contributed by atoms with Crippen LogP contribution in [-0.4, -0.2) is 0 Å². The SMILES string of the molecule is C=C/C=C(\C=C/C)C(CCC)C1=CC=CCC1.CC.CC.CCCC(CC)CCC. The van der Waals surface area contributed by atoms with Gasteiger partial charge >= 0.3 is 0 Å². The zero-order chi connectivity index (χ0) is 23.6. The standard InChI is InChI=1S/C17H24.C9H20.2C2H6/c1-4-10-15(11-5-2)17(12-6-3)16-13-8-7-9-14-16;1-4-7-9(6-3)8-5-2;2*1-2/h4-5,7-8,10-11,13,17H,1,6,9,12,14H2,2-3H3;9H,4-8H2,1-3H3;2*1-2H3/b11-5-,15-10+;;;. The van der Waals surface area contributed by atoms with Crippen LogP contribution < -0.4 is 0 Å².